The van der Waals surface area contributed by atoms with Gasteiger partial charge in [0.25, 0.3) is 5.91 Å². The molecular formula is C23H28N2O4. The van der Waals surface area contributed by atoms with Gasteiger partial charge in [-0.1, -0.05) is 56.5 Å². The lowest BCUT2D eigenvalue weighted by Crippen LogP contribution is -2.51. The van der Waals surface area contributed by atoms with E-state index in [1.807, 2.05) is 43.3 Å². The van der Waals surface area contributed by atoms with Crippen molar-refractivity contribution in [1.82, 2.24) is 10.6 Å². The summed E-state index contributed by atoms with van der Waals surface area (Å²) in [7, 11) is 0. The van der Waals surface area contributed by atoms with Gasteiger partial charge >= 0.3 is 5.97 Å². The Balaban J connectivity index is 1.70. The number of carbonyl (C=O) groups is 3. The maximum atomic E-state index is 12.8. The molecule has 2 aromatic carbocycles. The maximum absolute atomic E-state index is 12.8. The Labute approximate surface area is 170 Å². The van der Waals surface area contributed by atoms with Crippen LogP contribution in [0.2, 0.25) is 0 Å². The highest BCUT2D eigenvalue weighted by molar-refractivity contribution is 6.00. The number of carboxylic acids is 1. The van der Waals surface area contributed by atoms with E-state index >= 15 is 0 Å². The van der Waals surface area contributed by atoms with Gasteiger partial charge < -0.3 is 15.7 Å². The Bertz CT molecular complexity index is 895. The van der Waals surface area contributed by atoms with Crippen molar-refractivity contribution in [3.63, 3.8) is 0 Å². The van der Waals surface area contributed by atoms with Crippen LogP contribution in [0.5, 0.6) is 0 Å². The minimum atomic E-state index is -0.877. The molecule has 0 bridgehead atoms. The number of benzene rings is 2. The van der Waals surface area contributed by atoms with Crippen molar-refractivity contribution in [3.8, 4) is 0 Å². The number of fused-ring (bicyclic) bond motifs is 1. The average Bonchev–Trinajstić information content (AvgIpc) is 3.18. The highest BCUT2D eigenvalue weighted by Gasteiger charge is 2.35. The van der Waals surface area contributed by atoms with Crippen molar-refractivity contribution in [3.05, 3.63) is 48.0 Å². The molecule has 3 N–H and O–H groups in total. The van der Waals surface area contributed by atoms with Crippen LogP contribution >= 0.6 is 0 Å². The van der Waals surface area contributed by atoms with Crippen LogP contribution in [0.3, 0.4) is 0 Å². The van der Waals surface area contributed by atoms with Crippen LogP contribution in [0.15, 0.2) is 42.5 Å². The molecule has 2 aromatic rings. The summed E-state index contributed by atoms with van der Waals surface area (Å²) in [6, 6.07) is 12.2. The molecule has 2 amide bonds. The average molecular weight is 396 g/mol. The van der Waals surface area contributed by atoms with Gasteiger partial charge in [-0.3, -0.25) is 14.4 Å². The number of nitrogens with one attached hydrogen (secondary N) is 2. The van der Waals surface area contributed by atoms with E-state index in [4.69, 9.17) is 0 Å². The number of hydrogen-bond acceptors (Lipinski definition) is 3. The molecular weight excluding hydrogens is 368 g/mol. The van der Waals surface area contributed by atoms with Gasteiger partial charge in [0.05, 0.1) is 5.92 Å². The minimum Gasteiger partial charge on any atom is -0.481 e. The van der Waals surface area contributed by atoms with Crippen LogP contribution in [0.25, 0.3) is 10.8 Å². The third-order valence-corrected chi connectivity index (χ3v) is 5.64. The highest BCUT2D eigenvalue weighted by atomic mass is 16.4. The minimum absolute atomic E-state index is 0.298. The zero-order valence-electron chi connectivity index (χ0n) is 16.7. The zero-order chi connectivity index (χ0) is 20.8. The monoisotopic (exact) mass is 396 g/mol. The Morgan fingerprint density at radius 3 is 2.59 bits per heavy atom. The molecule has 6 nitrogen and oxygen atoms in total. The molecule has 1 aliphatic carbocycles. The molecule has 29 heavy (non-hydrogen) atoms. The molecule has 0 unspecified atom stereocenters. The number of amides is 2. The predicted octanol–water partition coefficient (Wildman–Crippen LogP) is 3.50. The van der Waals surface area contributed by atoms with E-state index in [1.165, 1.54) is 0 Å². The summed E-state index contributed by atoms with van der Waals surface area (Å²) in [4.78, 5) is 37.0. The number of carboxylic acid groups (broad SMARTS) is 1. The van der Waals surface area contributed by atoms with Crippen molar-refractivity contribution in [1.29, 1.82) is 0 Å². The summed E-state index contributed by atoms with van der Waals surface area (Å²) in [6.07, 6.45) is 4.22. The normalized spacial score (nSPS) is 19.6. The van der Waals surface area contributed by atoms with Gasteiger partial charge in [-0.15, -0.1) is 0 Å². The fourth-order valence-corrected chi connectivity index (χ4v) is 3.96. The van der Waals surface area contributed by atoms with Crippen molar-refractivity contribution >= 4 is 28.6 Å². The summed E-state index contributed by atoms with van der Waals surface area (Å²) >= 11 is 0. The Hall–Kier alpha value is -2.89. The molecule has 1 saturated carbocycles. The van der Waals surface area contributed by atoms with Gasteiger partial charge in [0.2, 0.25) is 5.91 Å². The third-order valence-electron chi connectivity index (χ3n) is 5.64. The molecule has 0 aromatic heterocycles. The largest absolute Gasteiger partial charge is 0.481 e. The van der Waals surface area contributed by atoms with Crippen LogP contribution < -0.4 is 10.6 Å². The molecule has 154 valence electrons. The van der Waals surface area contributed by atoms with Crippen LogP contribution in [0.1, 0.15) is 55.8 Å². The van der Waals surface area contributed by atoms with Crippen LogP contribution in [0.4, 0.5) is 0 Å². The van der Waals surface area contributed by atoms with E-state index < -0.39 is 17.9 Å². The first-order chi connectivity index (χ1) is 14.0. The second-order valence-corrected chi connectivity index (χ2v) is 7.72. The van der Waals surface area contributed by atoms with Gasteiger partial charge in [0.15, 0.2) is 0 Å². The summed E-state index contributed by atoms with van der Waals surface area (Å²) in [5, 5.41) is 17.1. The second kappa shape index (κ2) is 9.54. The van der Waals surface area contributed by atoms with Gasteiger partial charge in [-0.25, -0.2) is 0 Å². The number of aliphatic carboxylic acids is 1. The molecule has 3 rings (SSSR count). The van der Waals surface area contributed by atoms with Gasteiger partial charge in [0.1, 0.15) is 6.04 Å². The van der Waals surface area contributed by atoms with Gasteiger partial charge in [-0.05, 0) is 42.2 Å². The SMILES string of the molecule is CCCC[C@H](NC(=O)c1ccc2ccccc2c1)C(=O)N[C@H]1CCC[C@H]1C(=O)O. The zero-order valence-corrected chi connectivity index (χ0v) is 16.7. The summed E-state index contributed by atoms with van der Waals surface area (Å²) in [6.45, 7) is 2.03. The lowest BCUT2D eigenvalue weighted by molar-refractivity contribution is -0.142. The van der Waals surface area contributed by atoms with E-state index in [-0.39, 0.29) is 17.9 Å². The van der Waals surface area contributed by atoms with E-state index in [9.17, 15) is 19.5 Å². The van der Waals surface area contributed by atoms with Gasteiger partial charge in [0, 0.05) is 11.6 Å². The van der Waals surface area contributed by atoms with E-state index in [0.29, 0.717) is 24.8 Å². The fraction of sp³-hybridized carbons (Fsp3) is 0.435. The molecule has 0 heterocycles. The first kappa shape index (κ1) is 20.8. The highest BCUT2D eigenvalue weighted by Crippen LogP contribution is 2.26. The Morgan fingerprint density at radius 1 is 1.10 bits per heavy atom. The van der Waals surface area contributed by atoms with E-state index in [0.717, 1.165) is 30.0 Å². The quantitative estimate of drug-likeness (QED) is 0.636. The van der Waals surface area contributed by atoms with Crippen molar-refractivity contribution in [2.75, 3.05) is 0 Å². The number of hydrogen-bond donors (Lipinski definition) is 3. The Kier molecular flexibility index (Phi) is 6.86. The molecule has 0 radical (unpaired) electrons. The van der Waals surface area contributed by atoms with Crippen LogP contribution in [0, 0.1) is 5.92 Å². The lowest BCUT2D eigenvalue weighted by Gasteiger charge is -2.23. The number of unbranched alkanes of at least 4 members (excludes halogenated alkanes) is 1. The van der Waals surface area contributed by atoms with Crippen molar-refractivity contribution in [2.45, 2.75) is 57.5 Å². The molecule has 1 fully saturated rings. The molecule has 0 spiro atoms. The molecule has 6 heteroatoms. The van der Waals surface area contributed by atoms with Crippen molar-refractivity contribution < 1.29 is 19.5 Å². The smallest absolute Gasteiger partial charge is 0.308 e. The maximum Gasteiger partial charge on any atom is 0.308 e. The fourth-order valence-electron chi connectivity index (χ4n) is 3.96. The number of rotatable bonds is 8. The first-order valence-corrected chi connectivity index (χ1v) is 10.3. The summed E-state index contributed by atoms with van der Waals surface area (Å²) in [5.41, 5.74) is 0.502. The standard InChI is InChI=1S/C23H28N2O4/c1-2-3-10-20(22(27)24-19-11-6-9-18(19)23(28)29)25-21(26)17-13-12-15-7-4-5-8-16(15)14-17/h4-5,7-8,12-14,18-20H,2-3,6,9-11H2,1H3,(H,24,27)(H,25,26)(H,28,29)/t18-,19+,20+/m1/s1. The Morgan fingerprint density at radius 2 is 1.86 bits per heavy atom. The molecule has 0 aliphatic heterocycles. The first-order valence-electron chi connectivity index (χ1n) is 10.3. The molecule has 0 saturated heterocycles. The summed E-state index contributed by atoms with van der Waals surface area (Å²) in [5.74, 6) is -2.03. The molecule has 1 aliphatic rings. The topological polar surface area (TPSA) is 95.5 Å². The third kappa shape index (κ3) is 5.13. The molecule has 3 atom stereocenters. The summed E-state index contributed by atoms with van der Waals surface area (Å²) < 4.78 is 0. The number of carbonyl (C=O) groups excluding carboxylic acids is 2. The van der Waals surface area contributed by atoms with Crippen LogP contribution in [-0.2, 0) is 9.59 Å². The predicted molar refractivity (Wildman–Crippen MR) is 112 cm³/mol. The van der Waals surface area contributed by atoms with Crippen LogP contribution in [-0.4, -0.2) is 35.0 Å². The second-order valence-electron chi connectivity index (χ2n) is 7.72. The van der Waals surface area contributed by atoms with Crippen molar-refractivity contribution in [2.24, 2.45) is 5.92 Å². The van der Waals surface area contributed by atoms with E-state index in [1.54, 1.807) is 6.07 Å². The van der Waals surface area contributed by atoms with E-state index in [2.05, 4.69) is 10.6 Å². The van der Waals surface area contributed by atoms with Gasteiger partial charge in [-0.2, -0.15) is 0 Å². The lowest BCUT2D eigenvalue weighted by atomic mass is 10.0.